The molecule has 37 heavy (non-hydrogen) atoms. The fourth-order valence-corrected chi connectivity index (χ4v) is 8.40. The Bertz CT molecular complexity index is 1220. The summed E-state index contributed by atoms with van der Waals surface area (Å²) in [5.74, 6) is 1.40. The summed E-state index contributed by atoms with van der Waals surface area (Å²) < 4.78 is 0. The van der Waals surface area contributed by atoms with Gasteiger partial charge in [0.05, 0.1) is 27.7 Å². The molecule has 0 spiro atoms. The van der Waals surface area contributed by atoms with Crippen molar-refractivity contribution in [3.05, 3.63) is 46.5 Å². The molecule has 3 atom stereocenters. The molecule has 2 fully saturated rings. The first kappa shape index (κ1) is 27.8. The van der Waals surface area contributed by atoms with Crippen LogP contribution in [0.25, 0.3) is 0 Å². The Balaban J connectivity index is 1.68. The van der Waals surface area contributed by atoms with Crippen LogP contribution in [0.15, 0.2) is 34.3 Å². The molecular formula is C31H46N2O2Si2. The summed E-state index contributed by atoms with van der Waals surface area (Å²) in [7, 11) is -3.05. The van der Waals surface area contributed by atoms with Crippen molar-refractivity contribution in [1.29, 1.82) is 0 Å². The summed E-state index contributed by atoms with van der Waals surface area (Å²) >= 11 is 0. The highest BCUT2D eigenvalue weighted by Gasteiger charge is 2.52. The van der Waals surface area contributed by atoms with E-state index in [9.17, 15) is 10.2 Å². The minimum Gasteiger partial charge on any atom is -0.507 e. The van der Waals surface area contributed by atoms with Gasteiger partial charge in [-0.1, -0.05) is 87.8 Å². The van der Waals surface area contributed by atoms with Crippen LogP contribution in [0.5, 0.6) is 11.5 Å². The van der Waals surface area contributed by atoms with Crippen molar-refractivity contribution in [2.45, 2.75) is 103 Å². The van der Waals surface area contributed by atoms with Crippen LogP contribution in [0, 0.1) is 5.92 Å². The molecule has 2 aromatic rings. The molecule has 200 valence electrons. The fourth-order valence-electron chi connectivity index (χ4n) is 6.01. The highest BCUT2D eigenvalue weighted by Crippen LogP contribution is 2.51. The Morgan fingerprint density at radius 2 is 1.35 bits per heavy atom. The lowest BCUT2D eigenvalue weighted by atomic mass is 9.89. The highest BCUT2D eigenvalue weighted by atomic mass is 28.3. The molecule has 0 radical (unpaired) electrons. The first-order valence-corrected chi connectivity index (χ1v) is 21.1. The van der Waals surface area contributed by atoms with E-state index in [-0.39, 0.29) is 11.6 Å². The minimum atomic E-state index is -1.53. The van der Waals surface area contributed by atoms with Gasteiger partial charge >= 0.3 is 0 Å². The van der Waals surface area contributed by atoms with Crippen LogP contribution in [0.4, 0.5) is 0 Å². The predicted octanol–water partition coefficient (Wildman–Crippen LogP) is 6.16. The first-order chi connectivity index (χ1) is 17.3. The second kappa shape index (κ2) is 10.2. The Labute approximate surface area is 226 Å². The number of hydrogen-bond acceptors (Lipinski definition) is 4. The summed E-state index contributed by atoms with van der Waals surface area (Å²) in [6.07, 6.45) is 9.81. The van der Waals surface area contributed by atoms with Gasteiger partial charge in [-0.05, 0) is 55.6 Å². The van der Waals surface area contributed by atoms with E-state index < -0.39 is 16.1 Å². The maximum absolute atomic E-state index is 11.0. The second-order valence-electron chi connectivity index (χ2n) is 13.4. The number of aliphatic imine (C=N–C) groups is 2. The van der Waals surface area contributed by atoms with Crippen LogP contribution >= 0.6 is 0 Å². The minimum absolute atomic E-state index is 0.107. The summed E-state index contributed by atoms with van der Waals surface area (Å²) in [5, 5.41) is 24.6. The van der Waals surface area contributed by atoms with Gasteiger partial charge in [-0.2, -0.15) is 0 Å². The maximum Gasteiger partial charge on any atom is 0.127 e. The molecule has 2 aromatic carbocycles. The van der Waals surface area contributed by atoms with Gasteiger partial charge < -0.3 is 10.2 Å². The number of phenols is 2. The number of rotatable bonds is 8. The Morgan fingerprint density at radius 3 is 1.81 bits per heavy atom. The Morgan fingerprint density at radius 1 is 0.838 bits per heavy atom. The molecule has 0 aromatic heterocycles. The van der Waals surface area contributed by atoms with Crippen LogP contribution in [-0.4, -0.2) is 50.4 Å². The van der Waals surface area contributed by atoms with Crippen molar-refractivity contribution in [1.82, 2.24) is 0 Å². The lowest BCUT2D eigenvalue weighted by Gasteiger charge is -2.29. The lowest BCUT2D eigenvalue weighted by Crippen LogP contribution is -2.38. The SMILES string of the molecule is CCc1cc([Si](C)(C)C)cc(C=NC2CC3CCC2(N=Cc2cc([Si](C)(C)C)cc(CC)c2O)C3)c1O. The molecule has 2 N–H and O–H groups in total. The van der Waals surface area contributed by atoms with Crippen LogP contribution in [0.1, 0.15) is 61.8 Å². The zero-order chi connectivity index (χ0) is 27.2. The molecule has 2 aliphatic carbocycles. The molecular weight excluding hydrogens is 489 g/mol. The average Bonchev–Trinajstić information content (AvgIpc) is 3.39. The van der Waals surface area contributed by atoms with Gasteiger partial charge in [0.2, 0.25) is 0 Å². The Hall–Kier alpha value is -2.19. The number of benzene rings is 2. The van der Waals surface area contributed by atoms with Crippen molar-refractivity contribution in [2.24, 2.45) is 15.9 Å². The van der Waals surface area contributed by atoms with Gasteiger partial charge in [0.1, 0.15) is 11.5 Å². The summed E-state index contributed by atoms with van der Waals surface area (Å²) in [5.41, 5.74) is 3.48. The quantitative estimate of drug-likeness (QED) is 0.315. The largest absolute Gasteiger partial charge is 0.507 e. The molecule has 2 bridgehead atoms. The van der Waals surface area contributed by atoms with Crippen LogP contribution in [-0.2, 0) is 12.8 Å². The molecule has 6 heteroatoms. The third kappa shape index (κ3) is 5.65. The van der Waals surface area contributed by atoms with Gasteiger partial charge in [-0.15, -0.1) is 0 Å². The third-order valence-electron chi connectivity index (χ3n) is 8.59. The van der Waals surface area contributed by atoms with Crippen molar-refractivity contribution in [3.8, 4) is 11.5 Å². The third-order valence-corrected chi connectivity index (χ3v) is 12.6. The summed E-state index contributed by atoms with van der Waals surface area (Å²) in [4.78, 5) is 10.3. The normalized spacial score (nSPS) is 24.1. The molecule has 0 amide bonds. The summed E-state index contributed by atoms with van der Waals surface area (Å²) in [6, 6.07) is 8.80. The van der Waals surface area contributed by atoms with Crippen molar-refractivity contribution >= 4 is 39.0 Å². The molecule has 2 aliphatic rings. The van der Waals surface area contributed by atoms with Gasteiger partial charge in [-0.3, -0.25) is 9.98 Å². The molecule has 3 unspecified atom stereocenters. The van der Waals surface area contributed by atoms with Crippen molar-refractivity contribution in [3.63, 3.8) is 0 Å². The number of hydrogen-bond donors (Lipinski definition) is 2. The number of nitrogens with zero attached hydrogens (tertiary/aromatic N) is 2. The van der Waals surface area contributed by atoms with Gasteiger partial charge in [-0.25, -0.2) is 0 Å². The van der Waals surface area contributed by atoms with E-state index in [0.29, 0.717) is 17.4 Å². The van der Waals surface area contributed by atoms with Gasteiger partial charge in [0.25, 0.3) is 0 Å². The number of aryl methyl sites for hydroxylation is 2. The predicted molar refractivity (Wildman–Crippen MR) is 165 cm³/mol. The van der Waals surface area contributed by atoms with Gasteiger partial charge in [0, 0.05) is 23.6 Å². The topological polar surface area (TPSA) is 65.2 Å². The van der Waals surface area contributed by atoms with E-state index in [1.54, 1.807) is 0 Å². The number of phenolic OH excluding ortho intramolecular Hbond substituents is 2. The maximum atomic E-state index is 11.0. The zero-order valence-corrected chi connectivity index (χ0v) is 26.2. The monoisotopic (exact) mass is 534 g/mol. The van der Waals surface area contributed by atoms with Crippen LogP contribution in [0.2, 0.25) is 39.3 Å². The molecule has 0 saturated heterocycles. The molecule has 2 saturated carbocycles. The van der Waals surface area contributed by atoms with E-state index >= 15 is 0 Å². The zero-order valence-electron chi connectivity index (χ0n) is 24.2. The molecule has 4 nitrogen and oxygen atoms in total. The van der Waals surface area contributed by atoms with Crippen molar-refractivity contribution in [2.75, 3.05) is 0 Å². The summed E-state index contributed by atoms with van der Waals surface area (Å²) in [6.45, 7) is 18.3. The van der Waals surface area contributed by atoms with E-state index in [4.69, 9.17) is 9.98 Å². The Kier molecular flexibility index (Phi) is 7.66. The lowest BCUT2D eigenvalue weighted by molar-refractivity contribution is 0.367. The van der Waals surface area contributed by atoms with Gasteiger partial charge in [0.15, 0.2) is 0 Å². The van der Waals surface area contributed by atoms with Crippen LogP contribution < -0.4 is 10.4 Å². The van der Waals surface area contributed by atoms with E-state index in [2.05, 4.69) is 77.4 Å². The molecule has 4 rings (SSSR count). The van der Waals surface area contributed by atoms with Crippen LogP contribution in [0.3, 0.4) is 0 Å². The van der Waals surface area contributed by atoms with E-state index in [1.807, 2.05) is 12.4 Å². The second-order valence-corrected chi connectivity index (χ2v) is 23.5. The fraction of sp³-hybridized carbons (Fsp3) is 0.548. The smallest absolute Gasteiger partial charge is 0.127 e. The first-order valence-electron chi connectivity index (χ1n) is 14.1. The van der Waals surface area contributed by atoms with E-state index in [0.717, 1.165) is 54.4 Å². The highest BCUT2D eigenvalue weighted by molar-refractivity contribution is 6.89. The molecule has 0 aliphatic heterocycles. The average molecular weight is 535 g/mol. The number of aromatic hydroxyl groups is 2. The van der Waals surface area contributed by atoms with Crippen molar-refractivity contribution < 1.29 is 10.2 Å². The molecule has 0 heterocycles. The standard InChI is InChI=1S/C31H46N2O2Si2/c1-9-22-14-26(36(3,4)5)16-24(29(22)34)19-32-28-13-21-11-12-31(28,18-21)33-20-25-17-27(37(6,7)8)15-23(10-2)30(25)35/h14-17,19-21,28,34-35H,9-13,18H2,1-8H3. The van der Waals surface area contributed by atoms with E-state index in [1.165, 1.54) is 16.8 Å². The number of fused-ring (bicyclic) bond motifs is 2.